The molecule has 24 heavy (non-hydrogen) atoms. The molecule has 1 aromatic rings. The Morgan fingerprint density at radius 3 is 2.38 bits per heavy atom. The lowest BCUT2D eigenvalue weighted by Gasteiger charge is -2.16. The largest absolute Gasteiger partial charge is 0.494 e. The van der Waals surface area contributed by atoms with Gasteiger partial charge in [-0.1, -0.05) is 12.1 Å². The van der Waals surface area contributed by atoms with Crippen LogP contribution < -0.4 is 9.75 Å². The van der Waals surface area contributed by atoms with Crippen LogP contribution in [0.25, 0.3) is 0 Å². The molecule has 1 aliphatic rings. The molecule has 0 aliphatic carbocycles. The van der Waals surface area contributed by atoms with Crippen molar-refractivity contribution < 1.29 is 32.2 Å². The first kappa shape index (κ1) is 17.5. The summed E-state index contributed by atoms with van der Waals surface area (Å²) in [5.41, 5.74) is -2.62. The van der Waals surface area contributed by atoms with Crippen LogP contribution in [0.1, 0.15) is 6.92 Å². The van der Waals surface area contributed by atoms with E-state index >= 15 is 0 Å². The normalized spacial score (nSPS) is 16.8. The van der Waals surface area contributed by atoms with E-state index in [1.807, 2.05) is 0 Å². The molecule has 0 N–H and O–H groups in total. The van der Waals surface area contributed by atoms with Crippen molar-refractivity contribution in [1.82, 2.24) is 0 Å². The van der Waals surface area contributed by atoms with Crippen molar-refractivity contribution in [3.63, 3.8) is 0 Å². The maximum absolute atomic E-state index is 13.2. The zero-order chi connectivity index (χ0) is 18.1. The van der Waals surface area contributed by atoms with E-state index in [1.54, 1.807) is 12.1 Å². The minimum Gasteiger partial charge on any atom is -0.494 e. The van der Waals surface area contributed by atoms with Gasteiger partial charge in [-0.05, 0) is 19.1 Å². The molecule has 0 spiro atoms. The Hall–Kier alpha value is -2.84. The van der Waals surface area contributed by atoms with E-state index in [9.17, 15) is 22.8 Å². The predicted octanol–water partition coefficient (Wildman–Crippen LogP) is 2.45. The quantitative estimate of drug-likeness (QED) is 0.625. The number of para-hydroxylation sites is 2. The SMILES string of the molecule is COC(=O)/C(=C1/C(=O)N(c2ccccc2OC)N=C1C)C(F)(F)F. The van der Waals surface area contributed by atoms with Crippen LogP contribution in [0.3, 0.4) is 0 Å². The smallest absolute Gasteiger partial charge is 0.424 e. The maximum atomic E-state index is 13.2. The van der Waals surface area contributed by atoms with Gasteiger partial charge in [-0.2, -0.15) is 23.3 Å². The topological polar surface area (TPSA) is 68.2 Å². The fraction of sp³-hybridized carbons (Fsp3) is 0.267. The summed E-state index contributed by atoms with van der Waals surface area (Å²) in [5.74, 6) is -2.49. The van der Waals surface area contributed by atoms with Gasteiger partial charge in [-0.25, -0.2) is 4.79 Å². The van der Waals surface area contributed by atoms with Crippen molar-refractivity contribution in [2.24, 2.45) is 5.10 Å². The maximum Gasteiger partial charge on any atom is 0.424 e. The van der Waals surface area contributed by atoms with E-state index < -0.39 is 29.2 Å². The highest BCUT2D eigenvalue weighted by atomic mass is 19.4. The molecule has 128 valence electrons. The van der Waals surface area contributed by atoms with Crippen molar-refractivity contribution in [3.8, 4) is 5.75 Å². The molecule has 6 nitrogen and oxygen atoms in total. The third-order valence-electron chi connectivity index (χ3n) is 3.25. The van der Waals surface area contributed by atoms with E-state index in [2.05, 4.69) is 9.84 Å². The minimum atomic E-state index is -5.06. The monoisotopic (exact) mass is 342 g/mol. The lowest BCUT2D eigenvalue weighted by Crippen LogP contribution is -2.30. The zero-order valence-electron chi connectivity index (χ0n) is 13.0. The summed E-state index contributed by atoms with van der Waals surface area (Å²) in [6, 6.07) is 6.19. The standard InChI is InChI=1S/C15H13F3N2O4/c1-8-11(12(14(22)24-3)15(16,17)18)13(21)20(19-8)9-6-4-5-7-10(9)23-2/h4-7H,1-3H3/b12-11-. The molecular weight excluding hydrogens is 329 g/mol. The van der Waals surface area contributed by atoms with E-state index in [1.165, 1.54) is 26.2 Å². The summed E-state index contributed by atoms with van der Waals surface area (Å²) >= 11 is 0. The molecule has 0 fully saturated rings. The van der Waals surface area contributed by atoms with E-state index in [-0.39, 0.29) is 17.1 Å². The number of amides is 1. The van der Waals surface area contributed by atoms with Crippen LogP contribution in [0.2, 0.25) is 0 Å². The van der Waals surface area contributed by atoms with Crippen LogP contribution in [0.15, 0.2) is 40.5 Å². The molecular formula is C15H13F3N2O4. The van der Waals surface area contributed by atoms with Gasteiger partial charge in [0.05, 0.1) is 25.5 Å². The summed E-state index contributed by atoms with van der Waals surface area (Å²) in [4.78, 5) is 24.0. The van der Waals surface area contributed by atoms with Gasteiger partial charge < -0.3 is 9.47 Å². The lowest BCUT2D eigenvalue weighted by molar-refractivity contribution is -0.148. The Morgan fingerprint density at radius 2 is 1.83 bits per heavy atom. The van der Waals surface area contributed by atoms with Crippen molar-refractivity contribution in [2.45, 2.75) is 13.1 Å². The van der Waals surface area contributed by atoms with Crippen molar-refractivity contribution >= 4 is 23.3 Å². The van der Waals surface area contributed by atoms with Gasteiger partial charge >= 0.3 is 12.1 Å². The number of hydrogen-bond acceptors (Lipinski definition) is 5. The highest BCUT2D eigenvalue weighted by molar-refractivity contribution is 6.32. The highest BCUT2D eigenvalue weighted by Crippen LogP contribution is 2.36. The van der Waals surface area contributed by atoms with E-state index in [4.69, 9.17) is 4.74 Å². The second-order valence-electron chi connectivity index (χ2n) is 4.71. The van der Waals surface area contributed by atoms with E-state index in [0.29, 0.717) is 0 Å². The second kappa shape index (κ2) is 6.34. The summed E-state index contributed by atoms with van der Waals surface area (Å²) < 4.78 is 48.9. The molecule has 0 bridgehead atoms. The summed E-state index contributed by atoms with van der Waals surface area (Å²) in [5, 5.41) is 4.60. The summed E-state index contributed by atoms with van der Waals surface area (Å²) in [7, 11) is 2.15. The van der Waals surface area contributed by atoms with Crippen LogP contribution in [-0.4, -0.2) is 38.0 Å². The molecule has 0 radical (unpaired) electrons. The zero-order valence-corrected chi connectivity index (χ0v) is 13.0. The molecule has 0 atom stereocenters. The Kier molecular flexibility index (Phi) is 4.63. The van der Waals surface area contributed by atoms with Crippen LogP contribution in [0, 0.1) is 0 Å². The number of rotatable bonds is 3. The van der Waals surface area contributed by atoms with Crippen LogP contribution >= 0.6 is 0 Å². The molecule has 1 aliphatic heterocycles. The van der Waals surface area contributed by atoms with Crippen molar-refractivity contribution in [1.29, 1.82) is 0 Å². The molecule has 0 saturated heterocycles. The number of carbonyl (C=O) groups is 2. The summed E-state index contributed by atoms with van der Waals surface area (Å²) in [6.45, 7) is 1.21. The Labute approximate surface area is 135 Å². The first-order valence-electron chi connectivity index (χ1n) is 6.65. The fourth-order valence-corrected chi connectivity index (χ4v) is 2.22. The predicted molar refractivity (Wildman–Crippen MR) is 78.7 cm³/mol. The Morgan fingerprint density at radius 1 is 1.21 bits per heavy atom. The number of nitrogens with zero attached hydrogens (tertiary/aromatic N) is 2. The van der Waals surface area contributed by atoms with Crippen LogP contribution in [-0.2, 0) is 14.3 Å². The Balaban J connectivity index is 2.62. The number of methoxy groups -OCH3 is 2. The summed E-state index contributed by atoms with van der Waals surface area (Å²) in [6.07, 6.45) is -5.06. The van der Waals surface area contributed by atoms with Gasteiger partial charge in [0.25, 0.3) is 5.91 Å². The molecule has 0 aromatic heterocycles. The van der Waals surface area contributed by atoms with Crippen LogP contribution in [0.5, 0.6) is 5.75 Å². The first-order valence-corrected chi connectivity index (χ1v) is 6.65. The molecule has 1 amide bonds. The number of ether oxygens (including phenoxy) is 2. The number of anilines is 1. The van der Waals surface area contributed by atoms with Crippen molar-refractivity contribution in [3.05, 3.63) is 35.4 Å². The third kappa shape index (κ3) is 2.97. The number of benzene rings is 1. The highest BCUT2D eigenvalue weighted by Gasteiger charge is 2.47. The molecule has 0 unspecified atom stereocenters. The molecule has 9 heteroatoms. The van der Waals surface area contributed by atoms with Crippen molar-refractivity contribution in [2.75, 3.05) is 19.2 Å². The fourth-order valence-electron chi connectivity index (χ4n) is 2.22. The van der Waals surface area contributed by atoms with E-state index in [0.717, 1.165) is 12.1 Å². The second-order valence-corrected chi connectivity index (χ2v) is 4.71. The number of halogens is 3. The minimum absolute atomic E-state index is 0.158. The molecule has 2 rings (SSSR count). The number of hydrogen-bond donors (Lipinski definition) is 0. The third-order valence-corrected chi connectivity index (χ3v) is 3.25. The van der Waals surface area contributed by atoms with Gasteiger partial charge in [0.2, 0.25) is 0 Å². The lowest BCUT2D eigenvalue weighted by atomic mass is 10.0. The van der Waals surface area contributed by atoms with Gasteiger partial charge in [0, 0.05) is 0 Å². The van der Waals surface area contributed by atoms with Gasteiger partial charge in [0.15, 0.2) is 5.57 Å². The Bertz CT molecular complexity index is 753. The average molecular weight is 342 g/mol. The average Bonchev–Trinajstić information content (AvgIpc) is 2.81. The number of hydrazone groups is 1. The number of carbonyl (C=O) groups excluding carboxylic acids is 2. The first-order chi connectivity index (χ1) is 11.2. The van der Waals surface area contributed by atoms with Gasteiger partial charge in [0.1, 0.15) is 11.4 Å². The number of esters is 1. The molecule has 1 heterocycles. The number of alkyl halides is 3. The van der Waals surface area contributed by atoms with Gasteiger partial charge in [-0.15, -0.1) is 0 Å². The molecule has 0 saturated carbocycles. The van der Waals surface area contributed by atoms with Gasteiger partial charge in [-0.3, -0.25) is 4.79 Å². The van der Waals surface area contributed by atoms with Crippen LogP contribution in [0.4, 0.5) is 18.9 Å². The molecule has 1 aromatic carbocycles.